The minimum absolute atomic E-state index is 0.0213. The van der Waals surface area contributed by atoms with Crippen molar-refractivity contribution in [3.05, 3.63) is 53.7 Å². The second-order valence-electron chi connectivity index (χ2n) is 7.01. The Kier molecular flexibility index (Phi) is 6.35. The molecule has 0 unspecified atom stereocenters. The number of benzene rings is 1. The molecule has 14 heteroatoms. The third-order valence-electron chi connectivity index (χ3n) is 4.80. The number of fused-ring (bicyclic) bond motifs is 1. The van der Waals surface area contributed by atoms with E-state index in [9.17, 15) is 18.4 Å². The van der Waals surface area contributed by atoms with Crippen molar-refractivity contribution in [2.75, 3.05) is 30.6 Å². The number of carbonyl (C=O) groups excluding carboxylic acids is 2. The summed E-state index contributed by atoms with van der Waals surface area (Å²) in [5.74, 6) is -1.73. The van der Waals surface area contributed by atoms with Crippen LogP contribution in [0.3, 0.4) is 0 Å². The van der Waals surface area contributed by atoms with Gasteiger partial charge < -0.3 is 15.2 Å². The summed E-state index contributed by atoms with van der Waals surface area (Å²) in [4.78, 5) is 36.0. The zero-order chi connectivity index (χ0) is 25.1. The van der Waals surface area contributed by atoms with Gasteiger partial charge in [0.05, 0.1) is 32.3 Å². The molecule has 0 fully saturated rings. The summed E-state index contributed by atoms with van der Waals surface area (Å²) in [5, 5.41) is 9.24. The van der Waals surface area contributed by atoms with E-state index in [2.05, 4.69) is 40.2 Å². The molecule has 3 heterocycles. The minimum Gasteiger partial charge on any atom is -0.453 e. The van der Waals surface area contributed by atoms with E-state index in [1.165, 1.54) is 10.7 Å². The minimum atomic E-state index is -0.912. The van der Waals surface area contributed by atoms with Gasteiger partial charge in [0, 0.05) is 5.56 Å². The number of nitrogens with zero attached hydrogens (tertiary/aromatic N) is 5. The second kappa shape index (κ2) is 9.54. The van der Waals surface area contributed by atoms with Crippen molar-refractivity contribution < 1.29 is 27.8 Å². The molecule has 0 bridgehead atoms. The highest BCUT2D eigenvalue weighted by atomic mass is 19.1. The van der Waals surface area contributed by atoms with E-state index in [0.717, 1.165) is 26.5 Å². The SMILES string of the molecule is COC(=O)Nc1nc(-c2nn(Cc3ccccc3F)c3ncc(F)cc23)nc(N)c1NC(=O)OC. The Morgan fingerprint density at radius 2 is 1.80 bits per heavy atom. The van der Waals surface area contributed by atoms with Crippen LogP contribution in [0.1, 0.15) is 5.56 Å². The lowest BCUT2D eigenvalue weighted by Gasteiger charge is -2.13. The van der Waals surface area contributed by atoms with Gasteiger partial charge >= 0.3 is 12.2 Å². The van der Waals surface area contributed by atoms with Gasteiger partial charge in [-0.1, -0.05) is 18.2 Å². The summed E-state index contributed by atoms with van der Waals surface area (Å²) in [6.07, 6.45) is -0.814. The molecular formula is C21H18F2N8O4. The predicted octanol–water partition coefficient (Wildman–Crippen LogP) is 3.15. The summed E-state index contributed by atoms with van der Waals surface area (Å²) in [5.41, 5.74) is 6.45. The van der Waals surface area contributed by atoms with Crippen LogP contribution in [0.25, 0.3) is 22.6 Å². The highest BCUT2D eigenvalue weighted by Gasteiger charge is 2.23. The number of anilines is 3. The van der Waals surface area contributed by atoms with Crippen molar-refractivity contribution in [2.24, 2.45) is 0 Å². The van der Waals surface area contributed by atoms with Crippen LogP contribution in [0.4, 0.5) is 35.7 Å². The van der Waals surface area contributed by atoms with E-state index in [1.807, 2.05) is 0 Å². The zero-order valence-corrected chi connectivity index (χ0v) is 18.4. The Morgan fingerprint density at radius 3 is 2.51 bits per heavy atom. The highest BCUT2D eigenvalue weighted by Crippen LogP contribution is 2.32. The highest BCUT2D eigenvalue weighted by molar-refractivity contribution is 5.98. The van der Waals surface area contributed by atoms with E-state index in [-0.39, 0.29) is 46.4 Å². The topological polar surface area (TPSA) is 159 Å². The van der Waals surface area contributed by atoms with Crippen LogP contribution in [-0.2, 0) is 16.0 Å². The van der Waals surface area contributed by atoms with Crippen molar-refractivity contribution in [1.82, 2.24) is 24.7 Å². The molecule has 0 radical (unpaired) electrons. The van der Waals surface area contributed by atoms with E-state index in [4.69, 9.17) is 5.73 Å². The molecule has 0 spiro atoms. The van der Waals surface area contributed by atoms with Crippen molar-refractivity contribution in [1.29, 1.82) is 0 Å². The smallest absolute Gasteiger partial charge is 0.412 e. The van der Waals surface area contributed by atoms with Crippen molar-refractivity contribution in [2.45, 2.75) is 6.54 Å². The first-order valence-electron chi connectivity index (χ1n) is 9.94. The predicted molar refractivity (Wildman–Crippen MR) is 120 cm³/mol. The van der Waals surface area contributed by atoms with Crippen LogP contribution in [-0.4, -0.2) is 51.1 Å². The number of ether oxygens (including phenoxy) is 2. The number of halogens is 2. The fraction of sp³-hybridized carbons (Fsp3) is 0.143. The quantitative estimate of drug-likeness (QED) is 0.387. The van der Waals surface area contributed by atoms with Crippen molar-refractivity contribution in [3.8, 4) is 11.5 Å². The number of nitrogen functional groups attached to an aromatic ring is 1. The molecule has 35 heavy (non-hydrogen) atoms. The first-order chi connectivity index (χ1) is 16.8. The summed E-state index contributed by atoms with van der Waals surface area (Å²) >= 11 is 0. The average Bonchev–Trinajstić information content (AvgIpc) is 3.19. The number of rotatable bonds is 5. The third-order valence-corrected chi connectivity index (χ3v) is 4.80. The van der Waals surface area contributed by atoms with Crippen LogP contribution < -0.4 is 16.4 Å². The van der Waals surface area contributed by atoms with Gasteiger partial charge in [-0.3, -0.25) is 10.6 Å². The molecule has 0 atom stereocenters. The number of hydrogen-bond acceptors (Lipinski definition) is 9. The van der Waals surface area contributed by atoms with Crippen LogP contribution in [0, 0.1) is 11.6 Å². The number of amides is 2. The summed E-state index contributed by atoms with van der Waals surface area (Å²) in [6, 6.07) is 7.26. The number of aromatic nitrogens is 5. The maximum absolute atomic E-state index is 14.2. The monoisotopic (exact) mass is 484 g/mol. The normalized spacial score (nSPS) is 10.7. The molecule has 1 aromatic carbocycles. The van der Waals surface area contributed by atoms with Gasteiger partial charge in [-0.25, -0.2) is 38.0 Å². The molecule has 180 valence electrons. The molecule has 4 aromatic rings. The van der Waals surface area contributed by atoms with Crippen molar-refractivity contribution in [3.63, 3.8) is 0 Å². The number of nitrogens with one attached hydrogen (secondary N) is 2. The largest absolute Gasteiger partial charge is 0.453 e. The van der Waals surface area contributed by atoms with Gasteiger partial charge in [-0.05, 0) is 12.1 Å². The van der Waals surface area contributed by atoms with Gasteiger partial charge in [0.25, 0.3) is 0 Å². The molecule has 0 saturated carbocycles. The second-order valence-corrected chi connectivity index (χ2v) is 7.01. The molecule has 0 aliphatic heterocycles. The summed E-state index contributed by atoms with van der Waals surface area (Å²) in [6.45, 7) is -0.0213. The average molecular weight is 484 g/mol. The molecule has 4 N–H and O–H groups in total. The van der Waals surface area contributed by atoms with Gasteiger partial charge in [-0.15, -0.1) is 0 Å². The lowest BCUT2D eigenvalue weighted by molar-refractivity contribution is 0.185. The maximum atomic E-state index is 14.2. The Balaban J connectivity index is 1.88. The summed E-state index contributed by atoms with van der Waals surface area (Å²) < 4.78 is 38.8. The van der Waals surface area contributed by atoms with E-state index in [0.29, 0.717) is 5.56 Å². The first kappa shape index (κ1) is 23.3. The fourth-order valence-corrected chi connectivity index (χ4v) is 3.20. The molecule has 3 aromatic heterocycles. The van der Waals surface area contributed by atoms with Crippen LogP contribution in [0.15, 0.2) is 36.5 Å². The van der Waals surface area contributed by atoms with Crippen molar-refractivity contribution >= 4 is 40.5 Å². The maximum Gasteiger partial charge on any atom is 0.412 e. The lowest BCUT2D eigenvalue weighted by atomic mass is 10.2. The lowest BCUT2D eigenvalue weighted by Crippen LogP contribution is -2.19. The number of nitrogens with two attached hydrogens (primary N) is 1. The van der Waals surface area contributed by atoms with Crippen LogP contribution in [0.2, 0.25) is 0 Å². The van der Waals surface area contributed by atoms with Gasteiger partial charge in [0.15, 0.2) is 23.1 Å². The molecule has 0 aliphatic rings. The number of hydrogen-bond donors (Lipinski definition) is 3. The van der Waals surface area contributed by atoms with Gasteiger partial charge in [0.1, 0.15) is 23.0 Å². The first-order valence-corrected chi connectivity index (χ1v) is 9.94. The Labute approximate surface area is 196 Å². The zero-order valence-electron chi connectivity index (χ0n) is 18.4. The van der Waals surface area contributed by atoms with E-state index >= 15 is 0 Å². The number of methoxy groups -OCH3 is 2. The Hall–Kier alpha value is -4.88. The fourth-order valence-electron chi connectivity index (χ4n) is 3.20. The molecule has 0 saturated heterocycles. The van der Waals surface area contributed by atoms with E-state index in [1.54, 1.807) is 18.2 Å². The van der Waals surface area contributed by atoms with Gasteiger partial charge in [0.2, 0.25) is 0 Å². The molecule has 4 rings (SSSR count). The number of carbonyl (C=O) groups is 2. The number of pyridine rings is 1. The summed E-state index contributed by atoms with van der Waals surface area (Å²) in [7, 11) is 2.25. The molecule has 2 amide bonds. The van der Waals surface area contributed by atoms with Gasteiger partial charge in [-0.2, -0.15) is 5.10 Å². The standard InChI is InChI=1S/C21H18F2N8O4/c1-34-20(32)26-15-16(24)27-17(28-18(15)29-21(33)35-2)14-12-7-11(22)8-25-19(12)31(30-14)9-10-5-3-4-6-13(10)23/h3-8H,9H2,1-2H3,(H,26,32)(H3,24,27,28,29,33). The van der Waals surface area contributed by atoms with Crippen LogP contribution >= 0.6 is 0 Å². The Morgan fingerprint density at radius 1 is 1.09 bits per heavy atom. The van der Waals surface area contributed by atoms with E-state index < -0.39 is 23.8 Å². The Bertz CT molecular complexity index is 1440. The molecular weight excluding hydrogens is 466 g/mol. The van der Waals surface area contributed by atoms with Crippen LogP contribution in [0.5, 0.6) is 0 Å². The molecule has 12 nitrogen and oxygen atoms in total. The molecule has 0 aliphatic carbocycles. The third kappa shape index (κ3) is 4.75.